The van der Waals surface area contributed by atoms with Crippen molar-refractivity contribution < 1.29 is 18.0 Å². The van der Waals surface area contributed by atoms with Crippen molar-refractivity contribution in [2.75, 3.05) is 17.2 Å². The third-order valence-corrected chi connectivity index (χ3v) is 3.87. The van der Waals surface area contributed by atoms with E-state index in [1.54, 1.807) is 0 Å². The van der Waals surface area contributed by atoms with E-state index in [9.17, 15) is 18.0 Å². The Morgan fingerprint density at radius 3 is 2.52 bits per heavy atom. The molecule has 25 heavy (non-hydrogen) atoms. The summed E-state index contributed by atoms with van der Waals surface area (Å²) in [5.41, 5.74) is 2.63. The van der Waals surface area contributed by atoms with Crippen LogP contribution in [0, 0.1) is 6.92 Å². The van der Waals surface area contributed by atoms with Gasteiger partial charge in [0, 0.05) is 24.3 Å². The predicted molar refractivity (Wildman–Crippen MR) is 93.7 cm³/mol. The van der Waals surface area contributed by atoms with E-state index in [0.29, 0.717) is 6.54 Å². The Morgan fingerprint density at radius 1 is 1.12 bits per heavy atom. The Morgan fingerprint density at radius 2 is 1.84 bits per heavy atom. The Labute approximate surface area is 145 Å². The van der Waals surface area contributed by atoms with Gasteiger partial charge in [-0.05, 0) is 42.7 Å². The zero-order chi connectivity index (χ0) is 18.4. The molecule has 0 heterocycles. The molecule has 0 aromatic heterocycles. The lowest BCUT2D eigenvalue weighted by atomic mass is 10.1. The number of anilines is 2. The van der Waals surface area contributed by atoms with Gasteiger partial charge in [-0.25, -0.2) is 0 Å². The second kappa shape index (κ2) is 8.05. The fourth-order valence-corrected chi connectivity index (χ4v) is 2.57. The minimum Gasteiger partial charge on any atom is -0.384 e. The average Bonchev–Trinajstić information content (AvgIpc) is 2.55. The molecular weight excluding hydrogens is 329 g/mol. The molecule has 0 atom stereocenters. The standard InChI is InChI=1S/C19H21F3N2O/c1-3-14-7-4-6-13(2)18(14)23-11-10-17(25)24-16-9-5-8-15(12-16)19(20,21)22/h4-9,12,23H,3,10-11H2,1-2H3,(H,24,25). The molecule has 0 saturated carbocycles. The zero-order valence-electron chi connectivity index (χ0n) is 14.2. The summed E-state index contributed by atoms with van der Waals surface area (Å²) < 4.78 is 38.0. The van der Waals surface area contributed by atoms with Crippen LogP contribution in [-0.4, -0.2) is 12.5 Å². The molecule has 0 aliphatic carbocycles. The average molecular weight is 350 g/mol. The molecule has 6 heteroatoms. The highest BCUT2D eigenvalue weighted by atomic mass is 19.4. The van der Waals surface area contributed by atoms with Crippen LogP contribution in [0.15, 0.2) is 42.5 Å². The largest absolute Gasteiger partial charge is 0.416 e. The van der Waals surface area contributed by atoms with Gasteiger partial charge in [-0.3, -0.25) is 4.79 Å². The van der Waals surface area contributed by atoms with Gasteiger partial charge in [-0.2, -0.15) is 13.2 Å². The van der Waals surface area contributed by atoms with Gasteiger partial charge < -0.3 is 10.6 Å². The molecular formula is C19H21F3N2O. The third-order valence-electron chi connectivity index (χ3n) is 3.87. The van der Waals surface area contributed by atoms with Crippen LogP contribution in [0.2, 0.25) is 0 Å². The quantitative estimate of drug-likeness (QED) is 0.768. The van der Waals surface area contributed by atoms with Crippen molar-refractivity contribution in [2.45, 2.75) is 32.9 Å². The molecule has 3 nitrogen and oxygen atoms in total. The van der Waals surface area contributed by atoms with Crippen LogP contribution in [-0.2, 0) is 17.4 Å². The molecule has 134 valence electrons. The van der Waals surface area contributed by atoms with E-state index in [0.717, 1.165) is 29.8 Å². The molecule has 0 spiro atoms. The van der Waals surface area contributed by atoms with Crippen LogP contribution < -0.4 is 10.6 Å². The van der Waals surface area contributed by atoms with Gasteiger partial charge in [0.25, 0.3) is 0 Å². The van der Waals surface area contributed by atoms with Crippen LogP contribution in [0.1, 0.15) is 30.0 Å². The van der Waals surface area contributed by atoms with Gasteiger partial charge in [0.1, 0.15) is 0 Å². The molecule has 0 radical (unpaired) electrons. The van der Waals surface area contributed by atoms with Crippen molar-refractivity contribution in [3.63, 3.8) is 0 Å². The normalized spacial score (nSPS) is 11.2. The SMILES string of the molecule is CCc1cccc(C)c1NCCC(=O)Nc1cccc(C(F)(F)F)c1. The molecule has 0 fully saturated rings. The van der Waals surface area contributed by atoms with Crippen LogP contribution in [0.3, 0.4) is 0 Å². The van der Waals surface area contributed by atoms with Crippen molar-refractivity contribution in [1.82, 2.24) is 0 Å². The van der Waals surface area contributed by atoms with Crippen molar-refractivity contribution >= 4 is 17.3 Å². The van der Waals surface area contributed by atoms with E-state index in [1.807, 2.05) is 25.1 Å². The minimum atomic E-state index is -4.43. The lowest BCUT2D eigenvalue weighted by Crippen LogP contribution is -2.17. The predicted octanol–water partition coefficient (Wildman–Crippen LogP) is 5.02. The first-order chi connectivity index (χ1) is 11.8. The molecule has 0 aliphatic heterocycles. The van der Waals surface area contributed by atoms with E-state index in [2.05, 4.69) is 17.6 Å². The van der Waals surface area contributed by atoms with Crippen LogP contribution in [0.5, 0.6) is 0 Å². The number of nitrogens with one attached hydrogen (secondary N) is 2. The number of benzene rings is 2. The van der Waals surface area contributed by atoms with E-state index in [4.69, 9.17) is 0 Å². The maximum absolute atomic E-state index is 12.7. The van der Waals surface area contributed by atoms with E-state index < -0.39 is 11.7 Å². The third kappa shape index (κ3) is 5.24. The molecule has 1 amide bonds. The fraction of sp³-hybridized carbons (Fsp3) is 0.316. The van der Waals surface area contributed by atoms with Crippen molar-refractivity contribution in [2.24, 2.45) is 0 Å². The van der Waals surface area contributed by atoms with E-state index >= 15 is 0 Å². The summed E-state index contributed by atoms with van der Waals surface area (Å²) in [6.07, 6.45) is -3.39. The molecule has 0 unspecified atom stereocenters. The summed E-state index contributed by atoms with van der Waals surface area (Å²) >= 11 is 0. The summed E-state index contributed by atoms with van der Waals surface area (Å²) in [4.78, 5) is 12.0. The number of amides is 1. The van der Waals surface area contributed by atoms with Gasteiger partial charge in [-0.1, -0.05) is 31.2 Å². The van der Waals surface area contributed by atoms with E-state index in [-0.39, 0.29) is 18.0 Å². The van der Waals surface area contributed by atoms with E-state index in [1.165, 1.54) is 17.7 Å². The number of hydrogen-bond donors (Lipinski definition) is 2. The first-order valence-corrected chi connectivity index (χ1v) is 8.10. The summed E-state index contributed by atoms with van der Waals surface area (Å²) in [5, 5.41) is 5.75. The Balaban J connectivity index is 1.92. The number of carbonyl (C=O) groups is 1. The van der Waals surface area contributed by atoms with Gasteiger partial charge in [0.2, 0.25) is 5.91 Å². The first-order valence-electron chi connectivity index (χ1n) is 8.10. The zero-order valence-corrected chi connectivity index (χ0v) is 14.2. The number of halogens is 3. The number of hydrogen-bond acceptors (Lipinski definition) is 2. The molecule has 0 bridgehead atoms. The highest BCUT2D eigenvalue weighted by Crippen LogP contribution is 2.30. The molecule has 2 rings (SSSR count). The smallest absolute Gasteiger partial charge is 0.384 e. The number of aryl methyl sites for hydroxylation is 2. The van der Waals surface area contributed by atoms with Crippen molar-refractivity contribution in [1.29, 1.82) is 0 Å². The highest BCUT2D eigenvalue weighted by molar-refractivity contribution is 5.91. The Hall–Kier alpha value is -2.50. The van der Waals surface area contributed by atoms with Crippen molar-refractivity contribution in [3.05, 3.63) is 59.2 Å². The molecule has 0 aliphatic rings. The van der Waals surface area contributed by atoms with Crippen molar-refractivity contribution in [3.8, 4) is 0 Å². The maximum atomic E-state index is 12.7. The van der Waals surface area contributed by atoms with Crippen LogP contribution in [0.25, 0.3) is 0 Å². The lowest BCUT2D eigenvalue weighted by Gasteiger charge is -2.14. The second-order valence-electron chi connectivity index (χ2n) is 5.77. The van der Waals surface area contributed by atoms with Crippen LogP contribution >= 0.6 is 0 Å². The molecule has 2 N–H and O–H groups in total. The number of rotatable bonds is 6. The topological polar surface area (TPSA) is 41.1 Å². The highest BCUT2D eigenvalue weighted by Gasteiger charge is 2.30. The summed E-state index contributed by atoms with van der Waals surface area (Å²) in [7, 11) is 0. The Kier molecular flexibility index (Phi) is 6.07. The van der Waals surface area contributed by atoms with Gasteiger partial charge in [0.15, 0.2) is 0 Å². The monoisotopic (exact) mass is 350 g/mol. The molecule has 2 aromatic rings. The van der Waals surface area contributed by atoms with Gasteiger partial charge >= 0.3 is 6.18 Å². The number of para-hydroxylation sites is 1. The maximum Gasteiger partial charge on any atom is 0.416 e. The summed E-state index contributed by atoms with van der Waals surface area (Å²) in [6, 6.07) is 10.6. The fourth-order valence-electron chi connectivity index (χ4n) is 2.57. The molecule has 0 saturated heterocycles. The Bertz CT molecular complexity index is 742. The minimum absolute atomic E-state index is 0.143. The first kappa shape index (κ1) is 18.8. The summed E-state index contributed by atoms with van der Waals surface area (Å²) in [6.45, 7) is 4.45. The molecule has 2 aromatic carbocycles. The number of alkyl halides is 3. The summed E-state index contributed by atoms with van der Waals surface area (Å²) in [5.74, 6) is -0.335. The number of carbonyl (C=O) groups excluding carboxylic acids is 1. The lowest BCUT2D eigenvalue weighted by molar-refractivity contribution is -0.137. The van der Waals surface area contributed by atoms with Crippen LogP contribution in [0.4, 0.5) is 24.5 Å². The van der Waals surface area contributed by atoms with Gasteiger partial charge in [-0.15, -0.1) is 0 Å². The van der Waals surface area contributed by atoms with Gasteiger partial charge in [0.05, 0.1) is 5.56 Å². The second-order valence-corrected chi connectivity index (χ2v) is 5.77.